The number of likely N-dealkylation sites (N-methyl/N-ethyl adjacent to an activating group) is 1. The van der Waals surface area contributed by atoms with Gasteiger partial charge in [-0.15, -0.1) is 5.16 Å². The molecule has 0 aromatic carbocycles. The first kappa shape index (κ1) is 23.5. The van der Waals surface area contributed by atoms with Crippen LogP contribution in [0.2, 0.25) is 0 Å². The first-order chi connectivity index (χ1) is 13.0. The Bertz CT molecular complexity index is 699. The van der Waals surface area contributed by atoms with Crippen LogP contribution in [0, 0.1) is 10.1 Å². The highest BCUT2D eigenvalue weighted by molar-refractivity contribution is 5.92. The van der Waals surface area contributed by atoms with E-state index < -0.39 is 16.0 Å². The third kappa shape index (κ3) is 7.21. The van der Waals surface area contributed by atoms with E-state index in [4.69, 9.17) is 5.21 Å². The molecule has 12 heteroatoms. The summed E-state index contributed by atoms with van der Waals surface area (Å²) < 4.78 is 1.40. The van der Waals surface area contributed by atoms with Crippen LogP contribution in [-0.2, 0) is 6.54 Å². The van der Waals surface area contributed by atoms with Gasteiger partial charge in [0.2, 0.25) is 0 Å². The monoisotopic (exact) mass is 398 g/mol. The molecule has 0 saturated heterocycles. The van der Waals surface area contributed by atoms with E-state index in [-0.39, 0.29) is 12.5 Å². The Morgan fingerprint density at radius 1 is 1.43 bits per heavy atom. The van der Waals surface area contributed by atoms with Crippen LogP contribution in [-0.4, -0.2) is 73.0 Å². The van der Waals surface area contributed by atoms with Crippen molar-refractivity contribution in [3.63, 3.8) is 0 Å². The molecule has 0 bridgehead atoms. The summed E-state index contributed by atoms with van der Waals surface area (Å²) in [5, 5.41) is 40.6. The number of aromatic nitrogens is 2. The zero-order valence-corrected chi connectivity index (χ0v) is 17.0. The number of hydrogen-bond acceptors (Lipinski definition) is 10. The third-order valence-corrected chi connectivity index (χ3v) is 4.17. The van der Waals surface area contributed by atoms with Crippen LogP contribution >= 0.6 is 0 Å². The predicted octanol–water partition coefficient (Wildman–Crippen LogP) is 1.05. The average Bonchev–Trinajstić information content (AvgIpc) is 3.03. The fourth-order valence-corrected chi connectivity index (χ4v) is 2.70. The second-order valence-corrected chi connectivity index (χ2v) is 7.53. The fraction of sp³-hybridized carbons (Fsp3) is 0.688. The number of nitro groups is 1. The number of aryl methyl sites for hydroxylation is 1. The van der Waals surface area contributed by atoms with Crippen LogP contribution in [0.5, 0.6) is 0 Å². The maximum absolute atomic E-state index is 10.9. The molecule has 1 aromatic rings. The lowest BCUT2D eigenvalue weighted by molar-refractivity contribution is -0.396. The quantitative estimate of drug-likeness (QED) is 0.176. The third-order valence-electron chi connectivity index (χ3n) is 4.17. The van der Waals surface area contributed by atoms with Crippen molar-refractivity contribution in [2.75, 3.05) is 20.1 Å². The second kappa shape index (κ2) is 10.1. The van der Waals surface area contributed by atoms with Gasteiger partial charge in [-0.3, -0.25) is 0 Å². The molecular weight excluding hydrogens is 368 g/mol. The molecule has 12 nitrogen and oxygen atoms in total. The van der Waals surface area contributed by atoms with Crippen molar-refractivity contribution in [2.45, 2.75) is 51.7 Å². The SMILES string of the molecule is CN(CCNC(C)(C)C=NO)NC(C)(C)C(CCn1ccnc1[N+](=O)[O-])=NO. The highest BCUT2D eigenvalue weighted by atomic mass is 16.6. The van der Waals surface area contributed by atoms with Gasteiger partial charge in [0, 0.05) is 26.6 Å². The number of oxime groups is 2. The van der Waals surface area contributed by atoms with Gasteiger partial charge in [-0.05, 0) is 32.6 Å². The van der Waals surface area contributed by atoms with Gasteiger partial charge < -0.3 is 25.8 Å². The van der Waals surface area contributed by atoms with Gasteiger partial charge >= 0.3 is 5.95 Å². The number of hydrogen-bond donors (Lipinski definition) is 4. The zero-order chi connectivity index (χ0) is 21.4. The largest absolute Gasteiger partial charge is 0.434 e. The summed E-state index contributed by atoms with van der Waals surface area (Å²) in [6, 6.07) is 0. The van der Waals surface area contributed by atoms with Gasteiger partial charge in [0.05, 0.1) is 29.5 Å². The van der Waals surface area contributed by atoms with E-state index in [1.54, 1.807) is 0 Å². The molecule has 1 aromatic heterocycles. The van der Waals surface area contributed by atoms with E-state index in [9.17, 15) is 15.3 Å². The van der Waals surface area contributed by atoms with Crippen molar-refractivity contribution in [1.82, 2.24) is 25.3 Å². The second-order valence-electron chi connectivity index (χ2n) is 7.53. The molecule has 158 valence electrons. The van der Waals surface area contributed by atoms with E-state index in [0.717, 1.165) is 0 Å². The number of nitrogens with one attached hydrogen (secondary N) is 2. The Balaban J connectivity index is 2.60. The maximum Gasteiger partial charge on any atom is 0.434 e. The van der Waals surface area contributed by atoms with E-state index in [1.807, 2.05) is 39.8 Å². The minimum atomic E-state index is -0.680. The molecule has 1 rings (SSSR count). The first-order valence-corrected chi connectivity index (χ1v) is 8.82. The van der Waals surface area contributed by atoms with E-state index in [2.05, 4.69) is 26.0 Å². The van der Waals surface area contributed by atoms with Gasteiger partial charge in [-0.25, -0.2) is 15.0 Å². The molecule has 1 heterocycles. The highest BCUT2D eigenvalue weighted by Crippen LogP contribution is 2.14. The van der Waals surface area contributed by atoms with Gasteiger partial charge in [0.15, 0.2) is 0 Å². The van der Waals surface area contributed by atoms with Crippen molar-refractivity contribution in [2.24, 2.45) is 10.3 Å². The Hall–Kier alpha value is -2.57. The van der Waals surface area contributed by atoms with Crippen LogP contribution in [0.3, 0.4) is 0 Å². The maximum atomic E-state index is 10.9. The summed E-state index contributed by atoms with van der Waals surface area (Å²) in [5.74, 6) is -0.250. The Kier molecular flexibility index (Phi) is 8.47. The van der Waals surface area contributed by atoms with Crippen LogP contribution in [0.4, 0.5) is 5.95 Å². The lowest BCUT2D eigenvalue weighted by atomic mass is 9.96. The molecule has 0 unspecified atom stereocenters. The number of rotatable bonds is 12. The van der Waals surface area contributed by atoms with Crippen molar-refractivity contribution in [3.8, 4) is 0 Å². The normalized spacial score (nSPS) is 13.6. The van der Waals surface area contributed by atoms with Crippen LogP contribution in [0.15, 0.2) is 22.7 Å². The molecule has 0 atom stereocenters. The molecular formula is C16H30N8O4. The average molecular weight is 398 g/mol. The van der Waals surface area contributed by atoms with Crippen molar-refractivity contribution in [3.05, 3.63) is 22.5 Å². The molecule has 0 fully saturated rings. The van der Waals surface area contributed by atoms with Crippen molar-refractivity contribution < 1.29 is 15.3 Å². The summed E-state index contributed by atoms with van der Waals surface area (Å²) in [6.07, 6.45) is 4.60. The van der Waals surface area contributed by atoms with E-state index >= 15 is 0 Å². The lowest BCUT2D eigenvalue weighted by Gasteiger charge is -2.33. The number of hydrazine groups is 1. The van der Waals surface area contributed by atoms with E-state index in [1.165, 1.54) is 23.2 Å². The van der Waals surface area contributed by atoms with Crippen molar-refractivity contribution >= 4 is 17.9 Å². The zero-order valence-electron chi connectivity index (χ0n) is 17.0. The summed E-state index contributed by atoms with van der Waals surface area (Å²) in [7, 11) is 1.85. The van der Waals surface area contributed by atoms with Crippen LogP contribution in [0.25, 0.3) is 0 Å². The molecule has 0 saturated carbocycles. The Morgan fingerprint density at radius 2 is 2.11 bits per heavy atom. The Labute approximate surface area is 164 Å². The molecule has 0 amide bonds. The fourth-order valence-electron chi connectivity index (χ4n) is 2.70. The predicted molar refractivity (Wildman–Crippen MR) is 105 cm³/mol. The summed E-state index contributed by atoms with van der Waals surface area (Å²) in [4.78, 5) is 14.1. The lowest BCUT2D eigenvalue weighted by Crippen LogP contribution is -2.56. The van der Waals surface area contributed by atoms with Gasteiger partial charge in [0.25, 0.3) is 0 Å². The number of nitrogens with zero attached hydrogens (tertiary/aromatic N) is 6. The first-order valence-electron chi connectivity index (χ1n) is 8.82. The molecule has 4 N–H and O–H groups in total. The van der Waals surface area contributed by atoms with Gasteiger partial charge in [0.1, 0.15) is 12.4 Å². The molecule has 0 aliphatic carbocycles. The molecule has 0 aliphatic rings. The van der Waals surface area contributed by atoms with Crippen LogP contribution in [0.1, 0.15) is 34.1 Å². The van der Waals surface area contributed by atoms with Gasteiger partial charge in [-0.2, -0.15) is 0 Å². The van der Waals surface area contributed by atoms with E-state index in [0.29, 0.717) is 25.2 Å². The van der Waals surface area contributed by atoms with Crippen molar-refractivity contribution in [1.29, 1.82) is 0 Å². The summed E-state index contributed by atoms with van der Waals surface area (Å²) >= 11 is 0. The molecule has 0 aliphatic heterocycles. The molecule has 28 heavy (non-hydrogen) atoms. The highest BCUT2D eigenvalue weighted by Gasteiger charge is 2.28. The van der Waals surface area contributed by atoms with Gasteiger partial charge in [-0.1, -0.05) is 10.1 Å². The topological polar surface area (TPSA) is 153 Å². The molecule has 0 radical (unpaired) electrons. The minimum Gasteiger partial charge on any atom is -0.411 e. The molecule has 0 spiro atoms. The smallest absolute Gasteiger partial charge is 0.411 e. The Morgan fingerprint density at radius 3 is 2.68 bits per heavy atom. The minimum absolute atomic E-state index is 0.250. The number of imidazole rings is 1. The summed E-state index contributed by atoms with van der Waals surface area (Å²) in [5.41, 5.74) is 2.58. The summed E-state index contributed by atoms with van der Waals surface area (Å²) in [6.45, 7) is 8.99. The van der Waals surface area contributed by atoms with Crippen LogP contribution < -0.4 is 10.7 Å². The standard InChI is InChI=1S/C16H30N8O4/c1-15(2,12-19-25)18-8-10-22(5)21-16(3,4)13(20-26)6-9-23-11-7-17-14(23)24(27)28/h7,11-12,18,21,25-26H,6,8-10H2,1-5H3.